The molecular formula is C12H16O2. The lowest BCUT2D eigenvalue weighted by atomic mass is 9.91. The highest BCUT2D eigenvalue weighted by molar-refractivity contribution is 5.41. The molecule has 0 saturated carbocycles. The molecule has 1 N–H and O–H groups in total. The smallest absolute Gasteiger partial charge is 0.122 e. The summed E-state index contributed by atoms with van der Waals surface area (Å²) in [4.78, 5) is 0. The van der Waals surface area contributed by atoms with E-state index < -0.39 is 0 Å². The molecule has 0 aliphatic heterocycles. The Hall–Kier alpha value is -1.02. The van der Waals surface area contributed by atoms with Crippen LogP contribution in [0, 0.1) is 0 Å². The summed E-state index contributed by atoms with van der Waals surface area (Å²) in [5.74, 6) is 0.969. The first kappa shape index (κ1) is 9.53. The molecular weight excluding hydrogens is 176 g/mol. The third-order valence-electron chi connectivity index (χ3n) is 2.70. The second-order valence-corrected chi connectivity index (χ2v) is 3.67. The number of benzene rings is 1. The van der Waals surface area contributed by atoms with Crippen LogP contribution >= 0.6 is 0 Å². The summed E-state index contributed by atoms with van der Waals surface area (Å²) < 4.78 is 5.50. The van der Waals surface area contributed by atoms with Crippen molar-refractivity contribution in [2.45, 2.75) is 25.7 Å². The minimum Gasteiger partial charge on any atom is -0.491 e. The van der Waals surface area contributed by atoms with Crippen LogP contribution in [0.5, 0.6) is 5.75 Å². The van der Waals surface area contributed by atoms with Gasteiger partial charge < -0.3 is 9.84 Å². The van der Waals surface area contributed by atoms with E-state index in [-0.39, 0.29) is 6.61 Å². The number of fused-ring (bicyclic) bond motifs is 1. The first-order valence-corrected chi connectivity index (χ1v) is 5.26. The monoisotopic (exact) mass is 192 g/mol. The molecule has 0 saturated heterocycles. The van der Waals surface area contributed by atoms with Crippen molar-refractivity contribution < 1.29 is 9.84 Å². The third kappa shape index (κ3) is 1.90. The Morgan fingerprint density at radius 3 is 2.93 bits per heavy atom. The highest BCUT2D eigenvalue weighted by Gasteiger charge is 2.13. The summed E-state index contributed by atoms with van der Waals surface area (Å²) in [5, 5.41) is 8.71. The van der Waals surface area contributed by atoms with Crippen LogP contribution < -0.4 is 4.74 Å². The van der Waals surface area contributed by atoms with E-state index >= 15 is 0 Å². The highest BCUT2D eigenvalue weighted by Crippen LogP contribution is 2.29. The lowest BCUT2D eigenvalue weighted by molar-refractivity contribution is 0.200. The van der Waals surface area contributed by atoms with Crippen LogP contribution in [0.2, 0.25) is 0 Å². The molecule has 0 spiro atoms. The number of hydrogen-bond acceptors (Lipinski definition) is 2. The fourth-order valence-electron chi connectivity index (χ4n) is 2.04. The normalized spacial score (nSPS) is 14.9. The summed E-state index contributed by atoms with van der Waals surface area (Å²) in [7, 11) is 0. The molecule has 1 aromatic rings. The van der Waals surface area contributed by atoms with Crippen molar-refractivity contribution in [3.63, 3.8) is 0 Å². The first-order valence-electron chi connectivity index (χ1n) is 5.26. The van der Waals surface area contributed by atoms with Crippen LogP contribution in [0.4, 0.5) is 0 Å². The van der Waals surface area contributed by atoms with Crippen LogP contribution in [-0.4, -0.2) is 18.3 Å². The van der Waals surface area contributed by atoms with E-state index in [4.69, 9.17) is 9.84 Å². The largest absolute Gasteiger partial charge is 0.491 e. The zero-order valence-corrected chi connectivity index (χ0v) is 8.33. The van der Waals surface area contributed by atoms with Gasteiger partial charge in [0.2, 0.25) is 0 Å². The Balaban J connectivity index is 2.21. The Kier molecular flexibility index (Phi) is 3.04. The maximum Gasteiger partial charge on any atom is 0.122 e. The van der Waals surface area contributed by atoms with Gasteiger partial charge in [0.05, 0.1) is 6.61 Å². The Bertz CT molecular complexity index is 307. The van der Waals surface area contributed by atoms with E-state index in [0.717, 1.165) is 12.2 Å². The molecule has 0 heterocycles. The first-order chi connectivity index (χ1) is 6.92. The van der Waals surface area contributed by atoms with Gasteiger partial charge in [0.1, 0.15) is 12.4 Å². The average Bonchev–Trinajstić information content (AvgIpc) is 2.26. The summed E-state index contributed by atoms with van der Waals surface area (Å²) in [5.41, 5.74) is 2.78. The van der Waals surface area contributed by atoms with E-state index in [0.29, 0.717) is 6.61 Å². The van der Waals surface area contributed by atoms with E-state index in [1.807, 2.05) is 12.1 Å². The predicted octanol–water partition coefficient (Wildman–Crippen LogP) is 1.94. The standard InChI is InChI=1S/C12H16O2/c13-8-9-14-12-7-3-5-10-4-1-2-6-11(10)12/h3,5,7,13H,1-2,4,6,8-9H2. The molecule has 2 nitrogen and oxygen atoms in total. The van der Waals surface area contributed by atoms with Crippen LogP contribution in [0.15, 0.2) is 18.2 Å². The SMILES string of the molecule is OCCOc1cccc2c1CCCC2. The van der Waals surface area contributed by atoms with Gasteiger partial charge >= 0.3 is 0 Å². The van der Waals surface area contributed by atoms with Crippen molar-refractivity contribution in [1.82, 2.24) is 0 Å². The van der Waals surface area contributed by atoms with E-state index in [9.17, 15) is 0 Å². The second kappa shape index (κ2) is 4.47. The van der Waals surface area contributed by atoms with E-state index in [2.05, 4.69) is 6.07 Å². The number of aryl methyl sites for hydroxylation is 1. The van der Waals surface area contributed by atoms with Crippen LogP contribution in [0.3, 0.4) is 0 Å². The molecule has 14 heavy (non-hydrogen) atoms. The number of rotatable bonds is 3. The van der Waals surface area contributed by atoms with Gasteiger partial charge in [-0.15, -0.1) is 0 Å². The molecule has 0 atom stereocenters. The summed E-state index contributed by atoms with van der Waals surface area (Å²) >= 11 is 0. The van der Waals surface area contributed by atoms with Crippen molar-refractivity contribution in [2.24, 2.45) is 0 Å². The van der Waals surface area contributed by atoms with Gasteiger partial charge in [-0.2, -0.15) is 0 Å². The summed E-state index contributed by atoms with van der Waals surface area (Å²) in [6, 6.07) is 6.22. The maximum atomic E-state index is 8.71. The molecule has 2 rings (SSSR count). The van der Waals surface area contributed by atoms with Gasteiger partial charge in [-0.05, 0) is 42.9 Å². The molecule has 0 unspecified atom stereocenters. The van der Waals surface area contributed by atoms with Gasteiger partial charge in [0, 0.05) is 0 Å². The van der Waals surface area contributed by atoms with E-state index in [1.165, 1.54) is 30.4 Å². The number of aliphatic hydroxyl groups excluding tert-OH is 1. The highest BCUT2D eigenvalue weighted by atomic mass is 16.5. The fourth-order valence-corrected chi connectivity index (χ4v) is 2.04. The topological polar surface area (TPSA) is 29.5 Å². The maximum absolute atomic E-state index is 8.71. The average molecular weight is 192 g/mol. The van der Waals surface area contributed by atoms with Crippen LogP contribution in [0.25, 0.3) is 0 Å². The van der Waals surface area contributed by atoms with Crippen molar-refractivity contribution in [3.8, 4) is 5.75 Å². The van der Waals surface area contributed by atoms with Crippen LogP contribution in [-0.2, 0) is 12.8 Å². The van der Waals surface area contributed by atoms with Gasteiger partial charge in [0.25, 0.3) is 0 Å². The zero-order valence-electron chi connectivity index (χ0n) is 8.33. The fraction of sp³-hybridized carbons (Fsp3) is 0.500. The summed E-state index contributed by atoms with van der Waals surface area (Å²) in [6.07, 6.45) is 4.84. The molecule has 0 radical (unpaired) electrons. The lowest BCUT2D eigenvalue weighted by Crippen LogP contribution is -2.08. The number of aliphatic hydroxyl groups is 1. The molecule has 0 amide bonds. The Morgan fingerprint density at radius 2 is 2.07 bits per heavy atom. The van der Waals surface area contributed by atoms with Crippen molar-refractivity contribution in [2.75, 3.05) is 13.2 Å². The number of ether oxygens (including phenoxy) is 1. The molecule has 1 aliphatic rings. The predicted molar refractivity (Wildman–Crippen MR) is 55.7 cm³/mol. The minimum absolute atomic E-state index is 0.0870. The Morgan fingerprint density at radius 1 is 1.21 bits per heavy atom. The quantitative estimate of drug-likeness (QED) is 0.793. The molecule has 0 fully saturated rings. The zero-order chi connectivity index (χ0) is 9.80. The molecule has 1 aromatic carbocycles. The van der Waals surface area contributed by atoms with Gasteiger partial charge in [0.15, 0.2) is 0 Å². The second-order valence-electron chi connectivity index (χ2n) is 3.67. The van der Waals surface area contributed by atoms with Crippen molar-refractivity contribution >= 4 is 0 Å². The molecule has 0 bridgehead atoms. The third-order valence-corrected chi connectivity index (χ3v) is 2.70. The van der Waals surface area contributed by atoms with Gasteiger partial charge in [-0.1, -0.05) is 12.1 Å². The van der Waals surface area contributed by atoms with E-state index in [1.54, 1.807) is 0 Å². The Labute approximate surface area is 84.5 Å². The van der Waals surface area contributed by atoms with Crippen LogP contribution in [0.1, 0.15) is 24.0 Å². The molecule has 0 aromatic heterocycles. The summed E-state index contributed by atoms with van der Waals surface area (Å²) in [6.45, 7) is 0.486. The van der Waals surface area contributed by atoms with Crippen molar-refractivity contribution in [3.05, 3.63) is 29.3 Å². The van der Waals surface area contributed by atoms with Gasteiger partial charge in [-0.25, -0.2) is 0 Å². The van der Waals surface area contributed by atoms with Gasteiger partial charge in [-0.3, -0.25) is 0 Å². The molecule has 2 heteroatoms. The molecule has 1 aliphatic carbocycles. The van der Waals surface area contributed by atoms with Crippen molar-refractivity contribution in [1.29, 1.82) is 0 Å². The lowest BCUT2D eigenvalue weighted by Gasteiger charge is -2.19. The number of hydrogen-bond donors (Lipinski definition) is 1. The minimum atomic E-state index is 0.0870. The molecule has 76 valence electrons.